The molecule has 0 unspecified atom stereocenters. The van der Waals surface area contributed by atoms with E-state index in [2.05, 4.69) is 9.55 Å². The second-order valence-corrected chi connectivity index (χ2v) is 6.20. The van der Waals surface area contributed by atoms with Gasteiger partial charge in [-0.25, -0.2) is 4.98 Å². The average molecular weight is 248 g/mol. The summed E-state index contributed by atoms with van der Waals surface area (Å²) >= 11 is 0. The van der Waals surface area contributed by atoms with Crippen LogP contribution in [0.1, 0.15) is 50.8 Å². The quantitative estimate of drug-likeness (QED) is 0.870. The minimum atomic E-state index is -0.400. The van der Waals surface area contributed by atoms with E-state index >= 15 is 0 Å². The van der Waals surface area contributed by atoms with Gasteiger partial charge in [0.25, 0.3) is 0 Å². The SMILES string of the molecule is Cn1ccnc1CCC(O)(C1CCC1)C1CCC1. The first-order chi connectivity index (χ1) is 8.70. The van der Waals surface area contributed by atoms with Gasteiger partial charge in [-0.05, 0) is 43.9 Å². The zero-order valence-corrected chi connectivity index (χ0v) is 11.3. The summed E-state index contributed by atoms with van der Waals surface area (Å²) in [5.74, 6) is 2.22. The van der Waals surface area contributed by atoms with Gasteiger partial charge in [-0.3, -0.25) is 0 Å². The normalized spacial score (nSPS) is 21.7. The van der Waals surface area contributed by atoms with Gasteiger partial charge >= 0.3 is 0 Å². The van der Waals surface area contributed by atoms with E-state index < -0.39 is 5.60 Å². The molecule has 18 heavy (non-hydrogen) atoms. The van der Waals surface area contributed by atoms with E-state index in [1.54, 1.807) is 0 Å². The van der Waals surface area contributed by atoms with Crippen molar-refractivity contribution in [3.8, 4) is 0 Å². The van der Waals surface area contributed by atoms with E-state index in [9.17, 15) is 5.11 Å². The largest absolute Gasteiger partial charge is 0.389 e. The maximum Gasteiger partial charge on any atom is 0.108 e. The lowest BCUT2D eigenvalue weighted by molar-refractivity contribution is -0.124. The van der Waals surface area contributed by atoms with E-state index in [4.69, 9.17) is 0 Å². The molecule has 0 bridgehead atoms. The highest BCUT2D eigenvalue weighted by Crippen LogP contribution is 2.49. The maximum atomic E-state index is 11.1. The van der Waals surface area contributed by atoms with Gasteiger partial charge in [-0.1, -0.05) is 12.8 Å². The molecule has 0 atom stereocenters. The Balaban J connectivity index is 1.67. The molecular formula is C15H24N2O. The van der Waals surface area contributed by atoms with Crippen molar-refractivity contribution in [2.45, 2.75) is 57.0 Å². The van der Waals surface area contributed by atoms with Gasteiger partial charge in [0, 0.05) is 25.9 Å². The van der Waals surface area contributed by atoms with Crippen LogP contribution in [-0.2, 0) is 13.5 Å². The predicted molar refractivity (Wildman–Crippen MR) is 71.2 cm³/mol. The molecule has 3 rings (SSSR count). The molecule has 0 radical (unpaired) electrons. The standard InChI is InChI=1S/C15H24N2O/c1-17-11-10-16-14(17)8-9-15(18,12-4-2-5-12)13-6-3-7-13/h10-13,18H,2-9H2,1H3. The zero-order valence-electron chi connectivity index (χ0n) is 11.3. The molecule has 100 valence electrons. The van der Waals surface area contributed by atoms with Crippen LogP contribution in [0.25, 0.3) is 0 Å². The molecule has 3 nitrogen and oxygen atoms in total. The Hall–Kier alpha value is -0.830. The molecule has 1 heterocycles. The molecule has 2 aliphatic rings. The van der Waals surface area contributed by atoms with Crippen LogP contribution in [0, 0.1) is 11.8 Å². The number of aryl methyl sites for hydroxylation is 2. The topological polar surface area (TPSA) is 38.0 Å². The Labute approximate surface area is 109 Å². The van der Waals surface area contributed by atoms with E-state index in [1.807, 2.05) is 19.4 Å². The fraction of sp³-hybridized carbons (Fsp3) is 0.800. The molecule has 2 aliphatic carbocycles. The van der Waals surface area contributed by atoms with Crippen LogP contribution < -0.4 is 0 Å². The summed E-state index contributed by atoms with van der Waals surface area (Å²) < 4.78 is 2.07. The first kappa shape index (κ1) is 12.2. The number of aliphatic hydroxyl groups is 1. The predicted octanol–water partition coefficient (Wildman–Crippen LogP) is 2.68. The van der Waals surface area contributed by atoms with Crippen LogP contribution in [0.4, 0.5) is 0 Å². The third-order valence-electron chi connectivity index (χ3n) is 5.29. The van der Waals surface area contributed by atoms with Crippen LogP contribution in [0.5, 0.6) is 0 Å². The van der Waals surface area contributed by atoms with Crippen molar-refractivity contribution in [1.29, 1.82) is 0 Å². The smallest absolute Gasteiger partial charge is 0.108 e. The van der Waals surface area contributed by atoms with Crippen molar-refractivity contribution < 1.29 is 5.11 Å². The molecule has 0 amide bonds. The summed E-state index contributed by atoms with van der Waals surface area (Å²) in [6, 6.07) is 0. The van der Waals surface area contributed by atoms with Crippen molar-refractivity contribution >= 4 is 0 Å². The Morgan fingerprint density at radius 1 is 1.28 bits per heavy atom. The molecule has 0 spiro atoms. The lowest BCUT2D eigenvalue weighted by Crippen LogP contribution is -2.50. The average Bonchev–Trinajstić information content (AvgIpc) is 2.55. The van der Waals surface area contributed by atoms with E-state index in [1.165, 1.54) is 38.5 Å². The second kappa shape index (κ2) is 4.69. The summed E-state index contributed by atoms with van der Waals surface area (Å²) in [6.45, 7) is 0. The van der Waals surface area contributed by atoms with Crippen molar-refractivity contribution in [2.75, 3.05) is 0 Å². The highest BCUT2D eigenvalue weighted by atomic mass is 16.3. The first-order valence-electron chi connectivity index (χ1n) is 7.39. The number of rotatable bonds is 5. The molecule has 1 N–H and O–H groups in total. The first-order valence-corrected chi connectivity index (χ1v) is 7.39. The van der Waals surface area contributed by atoms with Crippen molar-refractivity contribution in [3.63, 3.8) is 0 Å². The number of aromatic nitrogens is 2. The Kier molecular flexibility index (Phi) is 3.18. The summed E-state index contributed by atoms with van der Waals surface area (Å²) in [7, 11) is 2.04. The van der Waals surface area contributed by atoms with Gasteiger partial charge in [-0.15, -0.1) is 0 Å². The Morgan fingerprint density at radius 3 is 2.28 bits per heavy atom. The van der Waals surface area contributed by atoms with Gasteiger partial charge < -0.3 is 9.67 Å². The number of imidazole rings is 1. The van der Waals surface area contributed by atoms with Gasteiger partial charge in [-0.2, -0.15) is 0 Å². The minimum Gasteiger partial charge on any atom is -0.389 e. The molecular weight excluding hydrogens is 224 g/mol. The minimum absolute atomic E-state index is 0.400. The molecule has 0 saturated heterocycles. The lowest BCUT2D eigenvalue weighted by atomic mass is 9.60. The summed E-state index contributed by atoms with van der Waals surface area (Å²) in [5.41, 5.74) is -0.400. The van der Waals surface area contributed by atoms with Gasteiger partial charge in [0.2, 0.25) is 0 Å². The Bertz CT molecular complexity index is 390. The van der Waals surface area contributed by atoms with Crippen LogP contribution in [0.3, 0.4) is 0 Å². The molecule has 0 aliphatic heterocycles. The van der Waals surface area contributed by atoms with Gasteiger partial charge in [0.1, 0.15) is 5.82 Å². The highest BCUT2D eigenvalue weighted by Gasteiger charge is 2.47. The number of hydrogen-bond donors (Lipinski definition) is 1. The monoisotopic (exact) mass is 248 g/mol. The zero-order chi connectivity index (χ0) is 12.6. The van der Waals surface area contributed by atoms with E-state index in [-0.39, 0.29) is 0 Å². The summed E-state index contributed by atoms with van der Waals surface area (Å²) in [6.07, 6.45) is 13.2. The molecule has 1 aromatic rings. The molecule has 3 heteroatoms. The van der Waals surface area contributed by atoms with Gasteiger partial charge in [0.05, 0.1) is 5.60 Å². The van der Waals surface area contributed by atoms with Crippen LogP contribution >= 0.6 is 0 Å². The summed E-state index contributed by atoms with van der Waals surface area (Å²) in [4.78, 5) is 4.38. The third kappa shape index (κ3) is 1.99. The highest BCUT2D eigenvalue weighted by molar-refractivity contribution is 5.02. The molecule has 0 aromatic carbocycles. The molecule has 2 saturated carbocycles. The Morgan fingerprint density at radius 2 is 1.89 bits per heavy atom. The van der Waals surface area contributed by atoms with E-state index in [0.717, 1.165) is 18.7 Å². The number of hydrogen-bond acceptors (Lipinski definition) is 2. The molecule has 1 aromatic heterocycles. The molecule has 2 fully saturated rings. The second-order valence-electron chi connectivity index (χ2n) is 6.20. The summed E-state index contributed by atoms with van der Waals surface area (Å²) in [5, 5.41) is 11.1. The van der Waals surface area contributed by atoms with E-state index in [0.29, 0.717) is 11.8 Å². The van der Waals surface area contributed by atoms with Crippen molar-refractivity contribution in [1.82, 2.24) is 9.55 Å². The fourth-order valence-corrected chi connectivity index (χ4v) is 3.51. The maximum absolute atomic E-state index is 11.1. The van der Waals surface area contributed by atoms with Crippen LogP contribution in [-0.4, -0.2) is 20.3 Å². The lowest BCUT2D eigenvalue weighted by Gasteiger charge is -2.50. The fourth-order valence-electron chi connectivity index (χ4n) is 3.51. The van der Waals surface area contributed by atoms with Gasteiger partial charge in [0.15, 0.2) is 0 Å². The van der Waals surface area contributed by atoms with Crippen LogP contribution in [0.15, 0.2) is 12.4 Å². The number of nitrogens with zero attached hydrogens (tertiary/aromatic N) is 2. The van der Waals surface area contributed by atoms with Crippen molar-refractivity contribution in [3.05, 3.63) is 18.2 Å². The van der Waals surface area contributed by atoms with Crippen LogP contribution in [0.2, 0.25) is 0 Å². The third-order valence-corrected chi connectivity index (χ3v) is 5.29. The van der Waals surface area contributed by atoms with Crippen molar-refractivity contribution in [2.24, 2.45) is 18.9 Å².